The lowest BCUT2D eigenvalue weighted by Gasteiger charge is -2.33. The Balaban J connectivity index is 1.21. The highest BCUT2D eigenvalue weighted by Crippen LogP contribution is 2.27. The Kier molecular flexibility index (Phi) is 5.72. The lowest BCUT2D eigenvalue weighted by Crippen LogP contribution is -2.51. The molecule has 3 atom stereocenters. The average Bonchev–Trinajstić information content (AvgIpc) is 3.30. The quantitative estimate of drug-likeness (QED) is 0.870. The van der Waals surface area contributed by atoms with Gasteiger partial charge in [0.2, 0.25) is 0 Å². The summed E-state index contributed by atoms with van der Waals surface area (Å²) in [7, 11) is 0. The van der Waals surface area contributed by atoms with E-state index in [2.05, 4.69) is 10.2 Å². The van der Waals surface area contributed by atoms with Gasteiger partial charge in [-0.3, -0.25) is 4.90 Å². The molecule has 1 aromatic carbocycles. The van der Waals surface area contributed by atoms with Gasteiger partial charge < -0.3 is 19.7 Å². The summed E-state index contributed by atoms with van der Waals surface area (Å²) in [6.07, 6.45) is 3.65. The molecule has 1 N–H and O–H groups in total. The van der Waals surface area contributed by atoms with E-state index in [4.69, 9.17) is 9.47 Å². The zero-order valence-electron chi connectivity index (χ0n) is 15.3. The average molecular weight is 359 g/mol. The largest absolute Gasteiger partial charge is 0.445 e. The van der Waals surface area contributed by atoms with E-state index in [1.54, 1.807) is 4.90 Å². The second-order valence-corrected chi connectivity index (χ2v) is 7.53. The highest BCUT2D eigenvalue weighted by molar-refractivity contribution is 5.67. The van der Waals surface area contributed by atoms with Crippen molar-refractivity contribution in [3.8, 4) is 0 Å². The molecule has 142 valence electrons. The van der Waals surface area contributed by atoms with Crippen LogP contribution in [0.25, 0.3) is 0 Å². The van der Waals surface area contributed by atoms with Gasteiger partial charge in [0, 0.05) is 31.7 Å². The maximum atomic E-state index is 12.3. The van der Waals surface area contributed by atoms with E-state index >= 15 is 0 Å². The molecule has 3 unspecified atom stereocenters. The number of rotatable bonds is 5. The van der Waals surface area contributed by atoms with Gasteiger partial charge in [0.05, 0.1) is 19.3 Å². The van der Waals surface area contributed by atoms with Gasteiger partial charge in [0.15, 0.2) is 0 Å². The van der Waals surface area contributed by atoms with Crippen LogP contribution in [0.4, 0.5) is 4.79 Å². The van der Waals surface area contributed by atoms with Gasteiger partial charge in [-0.1, -0.05) is 30.3 Å². The fourth-order valence-electron chi connectivity index (χ4n) is 4.42. The molecule has 3 heterocycles. The molecule has 1 amide bonds. The van der Waals surface area contributed by atoms with Gasteiger partial charge in [-0.05, 0) is 31.4 Å². The number of nitrogens with one attached hydrogen (secondary N) is 1. The monoisotopic (exact) mass is 359 g/mol. The van der Waals surface area contributed by atoms with Crippen molar-refractivity contribution in [2.45, 2.75) is 44.1 Å². The van der Waals surface area contributed by atoms with E-state index in [0.717, 1.165) is 12.1 Å². The van der Waals surface area contributed by atoms with Gasteiger partial charge in [-0.15, -0.1) is 0 Å². The minimum absolute atomic E-state index is 0.0449. The minimum atomic E-state index is -0.245. The van der Waals surface area contributed by atoms with E-state index in [-0.39, 0.29) is 12.2 Å². The van der Waals surface area contributed by atoms with Crippen molar-refractivity contribution in [2.75, 3.05) is 39.3 Å². The zero-order chi connectivity index (χ0) is 17.8. The molecule has 0 saturated carbocycles. The van der Waals surface area contributed by atoms with Crippen LogP contribution in [0.15, 0.2) is 30.3 Å². The van der Waals surface area contributed by atoms with Crippen molar-refractivity contribution in [1.29, 1.82) is 0 Å². The zero-order valence-corrected chi connectivity index (χ0v) is 15.3. The Hall–Kier alpha value is -1.63. The van der Waals surface area contributed by atoms with Crippen LogP contribution < -0.4 is 5.32 Å². The number of ether oxygens (including phenoxy) is 2. The van der Waals surface area contributed by atoms with Crippen LogP contribution in [0.5, 0.6) is 0 Å². The molecule has 3 saturated heterocycles. The van der Waals surface area contributed by atoms with Crippen molar-refractivity contribution in [2.24, 2.45) is 0 Å². The number of hydrogen-bond donors (Lipinski definition) is 1. The molecule has 3 fully saturated rings. The van der Waals surface area contributed by atoms with Crippen molar-refractivity contribution < 1.29 is 14.3 Å². The molecule has 0 aromatic heterocycles. The van der Waals surface area contributed by atoms with Crippen molar-refractivity contribution >= 4 is 6.09 Å². The van der Waals surface area contributed by atoms with E-state index in [1.165, 1.54) is 32.4 Å². The predicted molar refractivity (Wildman–Crippen MR) is 98.9 cm³/mol. The van der Waals surface area contributed by atoms with Crippen LogP contribution in [-0.4, -0.2) is 73.4 Å². The normalized spacial score (nSPS) is 28.9. The van der Waals surface area contributed by atoms with Gasteiger partial charge in [-0.2, -0.15) is 0 Å². The first kappa shape index (κ1) is 17.8. The summed E-state index contributed by atoms with van der Waals surface area (Å²) in [5.41, 5.74) is 1.01. The molecule has 6 heteroatoms. The van der Waals surface area contributed by atoms with Crippen LogP contribution in [0.1, 0.15) is 24.8 Å². The number of fused-ring (bicyclic) bond motifs is 1. The molecule has 1 aromatic rings. The van der Waals surface area contributed by atoms with Crippen molar-refractivity contribution in [1.82, 2.24) is 15.1 Å². The molecule has 6 nitrogen and oxygen atoms in total. The Morgan fingerprint density at radius 2 is 2.08 bits per heavy atom. The summed E-state index contributed by atoms with van der Waals surface area (Å²) < 4.78 is 11.3. The molecule has 0 bridgehead atoms. The van der Waals surface area contributed by atoms with Crippen molar-refractivity contribution in [3.63, 3.8) is 0 Å². The van der Waals surface area contributed by atoms with Crippen LogP contribution in [0.3, 0.4) is 0 Å². The maximum absolute atomic E-state index is 12.3. The lowest BCUT2D eigenvalue weighted by molar-refractivity contribution is -0.0282. The third-order valence-electron chi connectivity index (χ3n) is 5.82. The molecule has 0 spiro atoms. The topological polar surface area (TPSA) is 54.0 Å². The van der Waals surface area contributed by atoms with Gasteiger partial charge in [-0.25, -0.2) is 4.79 Å². The molecule has 3 aliphatic rings. The number of carbonyl (C=O) groups excluding carboxylic acids is 1. The first-order chi connectivity index (χ1) is 12.8. The first-order valence-corrected chi connectivity index (χ1v) is 9.84. The van der Waals surface area contributed by atoms with Gasteiger partial charge >= 0.3 is 6.09 Å². The van der Waals surface area contributed by atoms with Gasteiger partial charge in [0.1, 0.15) is 6.61 Å². The second-order valence-electron chi connectivity index (χ2n) is 7.53. The van der Waals surface area contributed by atoms with Gasteiger partial charge in [0.25, 0.3) is 0 Å². The Labute approximate surface area is 155 Å². The molecular weight excluding hydrogens is 330 g/mol. The maximum Gasteiger partial charge on any atom is 0.410 e. The fraction of sp³-hybridized carbons (Fsp3) is 0.650. The fourth-order valence-corrected chi connectivity index (χ4v) is 4.42. The summed E-state index contributed by atoms with van der Waals surface area (Å²) in [5.74, 6) is 0. The van der Waals surface area contributed by atoms with E-state index in [0.29, 0.717) is 38.4 Å². The number of amides is 1. The molecule has 3 aliphatic heterocycles. The Bertz CT molecular complexity index is 597. The molecule has 0 aliphatic carbocycles. The number of morpholine rings is 1. The lowest BCUT2D eigenvalue weighted by atomic mass is 10.1. The standard InChI is InChI=1S/C20H29N3O3/c24-20(26-15-16-5-2-1-3-6-16)23-11-12-25-17(14-23)13-21-18-8-10-22-9-4-7-19(18)22/h1-3,5-6,17-19,21H,4,7-15H2. The van der Waals surface area contributed by atoms with Crippen LogP contribution in [0, 0.1) is 0 Å². The van der Waals surface area contributed by atoms with Crippen molar-refractivity contribution in [3.05, 3.63) is 35.9 Å². The van der Waals surface area contributed by atoms with E-state index in [1.807, 2.05) is 30.3 Å². The molecular formula is C20H29N3O3. The highest BCUT2D eigenvalue weighted by Gasteiger charge is 2.37. The van der Waals surface area contributed by atoms with E-state index < -0.39 is 0 Å². The number of nitrogens with zero attached hydrogens (tertiary/aromatic N) is 2. The summed E-state index contributed by atoms with van der Waals surface area (Å²) in [4.78, 5) is 16.7. The summed E-state index contributed by atoms with van der Waals surface area (Å²) >= 11 is 0. The summed E-state index contributed by atoms with van der Waals surface area (Å²) in [6, 6.07) is 11.1. The number of carbonyl (C=O) groups is 1. The summed E-state index contributed by atoms with van der Waals surface area (Å²) in [6.45, 7) is 5.37. The molecule has 4 rings (SSSR count). The van der Waals surface area contributed by atoms with Crippen LogP contribution in [-0.2, 0) is 16.1 Å². The smallest absolute Gasteiger partial charge is 0.410 e. The third-order valence-corrected chi connectivity index (χ3v) is 5.82. The van der Waals surface area contributed by atoms with E-state index in [9.17, 15) is 4.79 Å². The molecule has 26 heavy (non-hydrogen) atoms. The number of benzene rings is 1. The summed E-state index contributed by atoms with van der Waals surface area (Å²) in [5, 5.41) is 3.69. The minimum Gasteiger partial charge on any atom is -0.445 e. The SMILES string of the molecule is O=C(OCc1ccccc1)N1CCOC(CNC2CCN3CCCC23)C1. The predicted octanol–water partition coefficient (Wildman–Crippen LogP) is 1.85. The second kappa shape index (κ2) is 8.37. The highest BCUT2D eigenvalue weighted by atomic mass is 16.6. The number of hydrogen-bond acceptors (Lipinski definition) is 5. The Morgan fingerprint density at radius 1 is 1.19 bits per heavy atom. The third kappa shape index (κ3) is 4.19. The van der Waals surface area contributed by atoms with Crippen LogP contribution >= 0.6 is 0 Å². The Morgan fingerprint density at radius 3 is 2.96 bits per heavy atom. The first-order valence-electron chi connectivity index (χ1n) is 9.84. The van der Waals surface area contributed by atoms with Crippen LogP contribution in [0.2, 0.25) is 0 Å². The molecule has 0 radical (unpaired) electrons.